The van der Waals surface area contributed by atoms with Crippen LogP contribution < -0.4 is 0 Å². The minimum absolute atomic E-state index is 0. The van der Waals surface area contributed by atoms with Gasteiger partial charge in [0.05, 0.1) is 24.7 Å². The van der Waals surface area contributed by atoms with E-state index in [-0.39, 0.29) is 49.2 Å². The third-order valence-electron chi connectivity index (χ3n) is 6.25. The van der Waals surface area contributed by atoms with Crippen LogP contribution in [0.2, 0.25) is 0 Å². The van der Waals surface area contributed by atoms with Gasteiger partial charge in [0, 0.05) is 32.8 Å². The first kappa shape index (κ1) is 26.9. The Balaban J connectivity index is 0.00000210. The number of hydrogen-bond acceptors (Lipinski definition) is 6. The smallest absolute Gasteiger partial charge is 0.308 e. The molecule has 0 N–H and O–H groups in total. The molecule has 0 bridgehead atoms. The zero-order valence-electron chi connectivity index (χ0n) is 18.1. The molecule has 1 saturated carbocycles. The molecule has 3 rings (SSSR count). The molecule has 2 heterocycles. The normalized spacial score (nSPS) is 27.7. The summed E-state index contributed by atoms with van der Waals surface area (Å²) in [7, 11) is 0. The van der Waals surface area contributed by atoms with Crippen molar-refractivity contribution in [1.82, 2.24) is 9.80 Å². The van der Waals surface area contributed by atoms with E-state index in [1.165, 1.54) is 12.8 Å². The van der Waals surface area contributed by atoms with Crippen LogP contribution in [0.4, 0.5) is 0 Å². The standard InChI is InChI=1S/C21H38N2O4.2ClH/c1-3-25-18-11-15-23(16-12-18)21(22-13-5-6-14-22)27-19-9-7-17(8-10-19)20(24)26-4-2;;/h17-19,21H,3-16H2,1-2H3;2*1H/t17-,19-,21?;;. The number of nitrogens with zero attached hydrogens (tertiary/aromatic N) is 2. The predicted octanol–water partition coefficient (Wildman–Crippen LogP) is 3.85. The van der Waals surface area contributed by atoms with Crippen molar-refractivity contribution in [2.45, 2.75) is 83.8 Å². The van der Waals surface area contributed by atoms with E-state index in [4.69, 9.17) is 14.2 Å². The summed E-state index contributed by atoms with van der Waals surface area (Å²) >= 11 is 0. The minimum Gasteiger partial charge on any atom is -0.466 e. The lowest BCUT2D eigenvalue weighted by Crippen LogP contribution is -2.54. The molecule has 3 fully saturated rings. The molecular weight excluding hydrogens is 415 g/mol. The molecule has 0 amide bonds. The summed E-state index contributed by atoms with van der Waals surface area (Å²) in [6.45, 7) is 9.60. The Morgan fingerprint density at radius 2 is 1.41 bits per heavy atom. The maximum atomic E-state index is 12.0. The van der Waals surface area contributed by atoms with Gasteiger partial charge in [-0.25, -0.2) is 0 Å². The number of ether oxygens (including phenoxy) is 3. The highest BCUT2D eigenvalue weighted by Gasteiger charge is 2.35. The largest absolute Gasteiger partial charge is 0.466 e. The summed E-state index contributed by atoms with van der Waals surface area (Å²) in [6.07, 6.45) is 9.19. The van der Waals surface area contributed by atoms with Gasteiger partial charge in [-0.1, -0.05) is 0 Å². The van der Waals surface area contributed by atoms with Crippen LogP contribution in [0.1, 0.15) is 65.2 Å². The quantitative estimate of drug-likeness (QED) is 0.519. The van der Waals surface area contributed by atoms with Crippen LogP contribution in [0.3, 0.4) is 0 Å². The van der Waals surface area contributed by atoms with Gasteiger partial charge >= 0.3 is 5.97 Å². The Bertz CT molecular complexity index is 450. The van der Waals surface area contributed by atoms with E-state index < -0.39 is 0 Å². The minimum atomic E-state index is -0.0231. The summed E-state index contributed by atoms with van der Waals surface area (Å²) in [5.74, 6) is 0.0435. The first-order chi connectivity index (χ1) is 13.2. The molecule has 0 spiro atoms. The highest BCUT2D eigenvalue weighted by atomic mass is 35.5. The second-order valence-electron chi connectivity index (χ2n) is 8.12. The molecule has 1 atom stereocenters. The lowest BCUT2D eigenvalue weighted by atomic mass is 9.87. The molecule has 2 aliphatic heterocycles. The molecule has 1 unspecified atom stereocenters. The maximum absolute atomic E-state index is 12.0. The molecule has 3 aliphatic rings. The van der Waals surface area contributed by atoms with E-state index in [1.54, 1.807) is 0 Å². The molecule has 8 heteroatoms. The van der Waals surface area contributed by atoms with Crippen LogP contribution in [-0.4, -0.2) is 73.7 Å². The number of likely N-dealkylation sites (tertiary alicyclic amines) is 2. The lowest BCUT2D eigenvalue weighted by Gasteiger charge is -2.43. The topological polar surface area (TPSA) is 51.2 Å². The first-order valence-electron chi connectivity index (χ1n) is 11.1. The Labute approximate surface area is 188 Å². The molecule has 172 valence electrons. The van der Waals surface area contributed by atoms with Crippen molar-refractivity contribution >= 4 is 30.8 Å². The van der Waals surface area contributed by atoms with Crippen molar-refractivity contribution in [3.63, 3.8) is 0 Å². The van der Waals surface area contributed by atoms with E-state index in [1.807, 2.05) is 6.92 Å². The van der Waals surface area contributed by atoms with E-state index in [0.29, 0.717) is 12.7 Å². The van der Waals surface area contributed by atoms with Crippen molar-refractivity contribution in [3.05, 3.63) is 0 Å². The maximum Gasteiger partial charge on any atom is 0.308 e. The average Bonchev–Trinajstić information content (AvgIpc) is 3.22. The third kappa shape index (κ3) is 7.82. The van der Waals surface area contributed by atoms with Crippen molar-refractivity contribution in [1.29, 1.82) is 0 Å². The summed E-state index contributed by atoms with van der Waals surface area (Å²) in [5.41, 5.74) is 0. The number of carbonyl (C=O) groups is 1. The number of esters is 1. The Kier molecular flexibility index (Phi) is 13.0. The summed E-state index contributed by atoms with van der Waals surface area (Å²) in [5, 5.41) is 0. The number of carbonyl (C=O) groups excluding carboxylic acids is 1. The zero-order valence-corrected chi connectivity index (χ0v) is 19.7. The van der Waals surface area contributed by atoms with Gasteiger partial charge in [-0.3, -0.25) is 14.6 Å². The van der Waals surface area contributed by atoms with Gasteiger partial charge in [0.15, 0.2) is 6.35 Å². The zero-order chi connectivity index (χ0) is 19.1. The Hall–Kier alpha value is -0.110. The van der Waals surface area contributed by atoms with Crippen LogP contribution in [0.15, 0.2) is 0 Å². The number of rotatable bonds is 8. The molecule has 2 saturated heterocycles. The fourth-order valence-electron chi connectivity index (χ4n) is 4.73. The van der Waals surface area contributed by atoms with E-state index in [9.17, 15) is 4.79 Å². The van der Waals surface area contributed by atoms with Gasteiger partial charge in [0.2, 0.25) is 0 Å². The molecule has 0 aromatic heterocycles. The van der Waals surface area contributed by atoms with Gasteiger partial charge in [0.25, 0.3) is 0 Å². The van der Waals surface area contributed by atoms with Crippen molar-refractivity contribution in [3.8, 4) is 0 Å². The van der Waals surface area contributed by atoms with Gasteiger partial charge in [0.1, 0.15) is 0 Å². The van der Waals surface area contributed by atoms with E-state index >= 15 is 0 Å². The first-order valence-corrected chi connectivity index (χ1v) is 11.1. The third-order valence-corrected chi connectivity index (χ3v) is 6.25. The SMILES string of the molecule is CCOC(=O)[C@H]1CC[C@H](OC(N2CCCC2)N2CCC(OCC)CC2)CC1.Cl.Cl. The van der Waals surface area contributed by atoms with Crippen LogP contribution >= 0.6 is 24.8 Å². The van der Waals surface area contributed by atoms with E-state index in [2.05, 4.69) is 16.7 Å². The molecule has 0 aromatic carbocycles. The molecule has 1 aliphatic carbocycles. The highest BCUT2D eigenvalue weighted by molar-refractivity contribution is 5.85. The monoisotopic (exact) mass is 454 g/mol. The van der Waals surface area contributed by atoms with Gasteiger partial charge in [-0.05, 0) is 65.2 Å². The van der Waals surface area contributed by atoms with Gasteiger partial charge in [-0.2, -0.15) is 0 Å². The predicted molar refractivity (Wildman–Crippen MR) is 119 cm³/mol. The van der Waals surface area contributed by atoms with Crippen LogP contribution in [0.5, 0.6) is 0 Å². The molecular formula is C21H40Cl2N2O4. The lowest BCUT2D eigenvalue weighted by molar-refractivity contribution is -0.193. The Morgan fingerprint density at radius 1 is 0.828 bits per heavy atom. The summed E-state index contributed by atoms with van der Waals surface area (Å²) < 4.78 is 17.7. The highest BCUT2D eigenvalue weighted by Crippen LogP contribution is 2.30. The number of halogens is 2. The van der Waals surface area contributed by atoms with Gasteiger partial charge < -0.3 is 14.2 Å². The van der Waals surface area contributed by atoms with Gasteiger partial charge in [-0.15, -0.1) is 24.8 Å². The second kappa shape index (κ2) is 14.0. The summed E-state index contributed by atoms with van der Waals surface area (Å²) in [6, 6.07) is 0. The van der Waals surface area contributed by atoms with Crippen molar-refractivity contribution in [2.75, 3.05) is 39.4 Å². The van der Waals surface area contributed by atoms with E-state index in [0.717, 1.165) is 71.3 Å². The van der Waals surface area contributed by atoms with Crippen LogP contribution in [-0.2, 0) is 19.0 Å². The average molecular weight is 455 g/mol. The molecule has 6 nitrogen and oxygen atoms in total. The number of piperidine rings is 1. The van der Waals surface area contributed by atoms with Crippen LogP contribution in [0, 0.1) is 5.92 Å². The second-order valence-corrected chi connectivity index (χ2v) is 8.12. The van der Waals surface area contributed by atoms with Crippen LogP contribution in [0.25, 0.3) is 0 Å². The molecule has 0 radical (unpaired) electrons. The summed E-state index contributed by atoms with van der Waals surface area (Å²) in [4.78, 5) is 17.0. The van der Waals surface area contributed by atoms with Crippen molar-refractivity contribution in [2.24, 2.45) is 5.92 Å². The fraction of sp³-hybridized carbons (Fsp3) is 0.952. The fourth-order valence-corrected chi connectivity index (χ4v) is 4.73. The Morgan fingerprint density at radius 3 is 1.97 bits per heavy atom. The number of hydrogen-bond donors (Lipinski definition) is 0. The van der Waals surface area contributed by atoms with Crippen molar-refractivity contribution < 1.29 is 19.0 Å². The molecule has 29 heavy (non-hydrogen) atoms. The molecule has 0 aromatic rings.